The standard InChI is InChI=1S/C31H30N4OS2/c1-5-38(4)28-20-12-8-16-24(28)35(25-17-9-13-21-29(25)38)31-33-32-30(36-31)34-22-14-6-10-18-26(22)37(2,3)27-19-11-7-15-23(27)34/h6-21H,5H2,1-4H3. The number of rotatable bonds is 3. The Kier molecular flexibility index (Phi) is 5.19. The summed E-state index contributed by atoms with van der Waals surface area (Å²) < 4.78 is 6.61. The summed E-state index contributed by atoms with van der Waals surface area (Å²) in [6.45, 7) is 2.29. The molecule has 0 atom stereocenters. The minimum absolute atomic E-state index is 0.473. The van der Waals surface area contributed by atoms with Crippen LogP contribution in [0.1, 0.15) is 6.92 Å². The van der Waals surface area contributed by atoms with Crippen molar-refractivity contribution in [3.63, 3.8) is 0 Å². The van der Waals surface area contributed by atoms with Crippen molar-refractivity contribution < 1.29 is 4.42 Å². The van der Waals surface area contributed by atoms with E-state index in [1.54, 1.807) is 0 Å². The molecule has 2 aliphatic rings. The molecule has 0 amide bonds. The molecule has 0 saturated heterocycles. The van der Waals surface area contributed by atoms with Gasteiger partial charge in [0.15, 0.2) is 0 Å². The molecule has 0 N–H and O–H groups in total. The van der Waals surface area contributed by atoms with E-state index >= 15 is 0 Å². The van der Waals surface area contributed by atoms with Crippen molar-refractivity contribution in [3.8, 4) is 0 Å². The highest BCUT2D eigenvalue weighted by Gasteiger charge is 2.39. The van der Waals surface area contributed by atoms with Gasteiger partial charge in [-0.15, -0.1) is 0 Å². The Morgan fingerprint density at radius 1 is 0.553 bits per heavy atom. The van der Waals surface area contributed by atoms with Crippen molar-refractivity contribution in [3.05, 3.63) is 97.1 Å². The molecule has 5 aromatic rings. The van der Waals surface area contributed by atoms with Gasteiger partial charge in [-0.25, -0.2) is 0 Å². The maximum Gasteiger partial charge on any atom is 0.328 e. The molecule has 0 saturated carbocycles. The van der Waals surface area contributed by atoms with E-state index in [-0.39, 0.29) is 0 Å². The van der Waals surface area contributed by atoms with Gasteiger partial charge in [0.1, 0.15) is 0 Å². The Bertz CT molecular complexity index is 1600. The average molecular weight is 539 g/mol. The minimum atomic E-state index is -1.19. The van der Waals surface area contributed by atoms with Crippen LogP contribution in [0.4, 0.5) is 34.8 Å². The summed E-state index contributed by atoms with van der Waals surface area (Å²) in [6.07, 6.45) is 7.12. The van der Waals surface area contributed by atoms with Crippen molar-refractivity contribution in [2.24, 2.45) is 0 Å². The maximum atomic E-state index is 6.61. The number of nitrogens with zero attached hydrogens (tertiary/aromatic N) is 4. The molecule has 38 heavy (non-hydrogen) atoms. The maximum absolute atomic E-state index is 6.61. The normalized spacial score (nSPS) is 18.0. The molecule has 4 aromatic carbocycles. The third-order valence-corrected chi connectivity index (χ3v) is 14.5. The molecule has 7 rings (SSSR count). The molecule has 0 radical (unpaired) electrons. The van der Waals surface area contributed by atoms with Crippen molar-refractivity contribution in [2.75, 3.05) is 34.3 Å². The van der Waals surface area contributed by atoms with Gasteiger partial charge in [-0.05, 0) is 73.1 Å². The zero-order valence-corrected chi connectivity index (χ0v) is 23.6. The van der Waals surface area contributed by atoms with Crippen LogP contribution in [0.25, 0.3) is 0 Å². The van der Waals surface area contributed by atoms with Gasteiger partial charge in [-0.3, -0.25) is 9.80 Å². The van der Waals surface area contributed by atoms with Crippen LogP contribution in [0, 0.1) is 0 Å². The molecular weight excluding hydrogens is 509 g/mol. The first-order valence-corrected chi connectivity index (χ1v) is 17.4. The van der Waals surface area contributed by atoms with Crippen molar-refractivity contribution in [1.29, 1.82) is 0 Å². The number of aromatic nitrogens is 2. The molecule has 0 spiro atoms. The van der Waals surface area contributed by atoms with Crippen LogP contribution in [-0.4, -0.2) is 34.7 Å². The molecule has 192 valence electrons. The van der Waals surface area contributed by atoms with E-state index in [9.17, 15) is 0 Å². The Hall–Kier alpha value is -3.68. The first-order chi connectivity index (χ1) is 18.4. The summed E-state index contributed by atoms with van der Waals surface area (Å²) in [7, 11) is -2.37. The first-order valence-electron chi connectivity index (χ1n) is 12.7. The molecule has 0 fully saturated rings. The number of fused-ring (bicyclic) bond motifs is 4. The lowest BCUT2D eigenvalue weighted by molar-refractivity contribution is 0.565. The van der Waals surface area contributed by atoms with Crippen LogP contribution in [0.5, 0.6) is 0 Å². The van der Waals surface area contributed by atoms with E-state index in [0.717, 1.165) is 28.5 Å². The van der Waals surface area contributed by atoms with Gasteiger partial charge in [0, 0.05) is 19.6 Å². The van der Waals surface area contributed by atoms with E-state index in [2.05, 4.69) is 143 Å². The Morgan fingerprint density at radius 3 is 1.29 bits per heavy atom. The first kappa shape index (κ1) is 23.4. The highest BCUT2D eigenvalue weighted by atomic mass is 32.3. The quantitative estimate of drug-likeness (QED) is 0.229. The van der Waals surface area contributed by atoms with Gasteiger partial charge in [-0.2, -0.15) is 20.1 Å². The SMILES string of the molecule is CCS1(C)c2ccccc2N(c2nnc(N3c4ccccc4S(C)(C)c4ccccc43)o2)c2ccccc21. The van der Waals surface area contributed by atoms with Crippen LogP contribution in [0.3, 0.4) is 0 Å². The lowest BCUT2D eigenvalue weighted by Crippen LogP contribution is -2.21. The van der Waals surface area contributed by atoms with Gasteiger partial charge in [0.05, 0.1) is 22.7 Å². The second-order valence-corrected chi connectivity index (χ2v) is 17.3. The van der Waals surface area contributed by atoms with E-state index in [1.165, 1.54) is 19.6 Å². The second-order valence-electron chi connectivity index (χ2n) is 10.1. The highest BCUT2D eigenvalue weighted by Crippen LogP contribution is 2.70. The fraction of sp³-hybridized carbons (Fsp3) is 0.161. The smallest absolute Gasteiger partial charge is 0.328 e. The summed E-state index contributed by atoms with van der Waals surface area (Å²) in [5.74, 6) is 1.07. The third kappa shape index (κ3) is 3.15. The van der Waals surface area contributed by atoms with Crippen LogP contribution in [0.15, 0.2) is 121 Å². The summed E-state index contributed by atoms with van der Waals surface area (Å²) in [5.41, 5.74) is 4.43. The fourth-order valence-electron chi connectivity index (χ4n) is 5.80. The highest BCUT2D eigenvalue weighted by molar-refractivity contribution is 8.33. The van der Waals surface area contributed by atoms with Gasteiger partial charge in [0.2, 0.25) is 0 Å². The number of anilines is 6. The van der Waals surface area contributed by atoms with E-state index < -0.39 is 20.1 Å². The Balaban J connectivity index is 1.42. The Labute approximate surface area is 226 Å². The molecular formula is C31H30N4OS2. The number of hydrogen-bond donors (Lipinski definition) is 0. The molecule has 1 aromatic heterocycles. The zero-order chi connectivity index (χ0) is 26.1. The molecule has 3 heterocycles. The van der Waals surface area contributed by atoms with E-state index in [0.29, 0.717) is 12.0 Å². The van der Waals surface area contributed by atoms with Crippen LogP contribution in [-0.2, 0) is 0 Å². The third-order valence-electron chi connectivity index (χ3n) is 7.86. The summed E-state index contributed by atoms with van der Waals surface area (Å²) >= 11 is 0. The molecule has 0 aliphatic carbocycles. The molecule has 5 nitrogen and oxygen atoms in total. The summed E-state index contributed by atoms with van der Waals surface area (Å²) in [4.78, 5) is 9.59. The number of benzene rings is 4. The van der Waals surface area contributed by atoms with Crippen LogP contribution in [0.2, 0.25) is 0 Å². The number of para-hydroxylation sites is 4. The van der Waals surface area contributed by atoms with Gasteiger partial charge >= 0.3 is 12.0 Å². The van der Waals surface area contributed by atoms with Gasteiger partial charge in [-0.1, -0.05) is 65.7 Å². The molecule has 2 aliphatic heterocycles. The fourth-order valence-corrected chi connectivity index (χ4v) is 11.1. The monoisotopic (exact) mass is 538 g/mol. The van der Waals surface area contributed by atoms with Gasteiger partial charge in [0.25, 0.3) is 0 Å². The Morgan fingerprint density at radius 2 is 0.895 bits per heavy atom. The summed E-state index contributed by atoms with van der Waals surface area (Å²) in [5, 5.41) is 9.30. The van der Waals surface area contributed by atoms with Crippen molar-refractivity contribution in [2.45, 2.75) is 26.5 Å². The van der Waals surface area contributed by atoms with Crippen molar-refractivity contribution >= 4 is 54.8 Å². The summed E-state index contributed by atoms with van der Waals surface area (Å²) in [6, 6.07) is 35.5. The van der Waals surface area contributed by atoms with Crippen LogP contribution >= 0.6 is 20.1 Å². The predicted octanol–water partition coefficient (Wildman–Crippen LogP) is 8.99. The largest absolute Gasteiger partial charge is 0.388 e. The number of hydrogen-bond acceptors (Lipinski definition) is 5. The second kappa shape index (κ2) is 8.41. The zero-order valence-electron chi connectivity index (χ0n) is 22.0. The lowest BCUT2D eigenvalue weighted by atomic mass is 10.2. The lowest BCUT2D eigenvalue weighted by Gasteiger charge is -2.45. The molecule has 0 unspecified atom stereocenters. The average Bonchev–Trinajstić information content (AvgIpc) is 3.43. The topological polar surface area (TPSA) is 45.4 Å². The van der Waals surface area contributed by atoms with Crippen LogP contribution < -0.4 is 9.80 Å². The minimum Gasteiger partial charge on any atom is -0.388 e. The van der Waals surface area contributed by atoms with E-state index in [1.807, 2.05) is 0 Å². The molecule has 7 heteroatoms. The van der Waals surface area contributed by atoms with Crippen molar-refractivity contribution in [1.82, 2.24) is 10.2 Å². The van der Waals surface area contributed by atoms with Gasteiger partial charge < -0.3 is 4.42 Å². The van der Waals surface area contributed by atoms with E-state index in [4.69, 9.17) is 4.42 Å². The predicted molar refractivity (Wildman–Crippen MR) is 160 cm³/mol. The molecule has 0 bridgehead atoms.